The zero-order valence-electron chi connectivity index (χ0n) is 11.0. The van der Waals surface area contributed by atoms with E-state index >= 15 is 0 Å². The molecule has 1 rings (SSSR count). The highest BCUT2D eigenvalue weighted by molar-refractivity contribution is 6.32. The molecule has 1 heterocycles. The molecule has 0 amide bonds. The van der Waals surface area contributed by atoms with Gasteiger partial charge in [0.2, 0.25) is 0 Å². The summed E-state index contributed by atoms with van der Waals surface area (Å²) in [6.45, 7) is 6.45. The van der Waals surface area contributed by atoms with Crippen molar-refractivity contribution in [3.05, 3.63) is 21.6 Å². The largest absolute Gasteiger partial charge is 0.388 e. The maximum atomic E-state index is 11.8. The number of rotatable bonds is 6. The number of hydrogen-bond acceptors (Lipinski definition) is 4. The first kappa shape index (κ1) is 15.0. The van der Waals surface area contributed by atoms with E-state index in [0.29, 0.717) is 25.2 Å². The van der Waals surface area contributed by atoms with E-state index < -0.39 is 5.60 Å². The maximum Gasteiger partial charge on any atom is 0.287 e. The van der Waals surface area contributed by atoms with Gasteiger partial charge < -0.3 is 10.4 Å². The molecule has 102 valence electrons. The summed E-state index contributed by atoms with van der Waals surface area (Å²) < 4.78 is 1.34. The minimum atomic E-state index is -0.832. The molecule has 18 heavy (non-hydrogen) atoms. The van der Waals surface area contributed by atoms with Crippen molar-refractivity contribution in [2.45, 2.75) is 45.8 Å². The van der Waals surface area contributed by atoms with Gasteiger partial charge in [0.25, 0.3) is 5.56 Å². The summed E-state index contributed by atoms with van der Waals surface area (Å²) >= 11 is 5.99. The van der Waals surface area contributed by atoms with Crippen molar-refractivity contribution >= 4 is 17.3 Å². The number of anilines is 1. The van der Waals surface area contributed by atoms with E-state index in [4.69, 9.17) is 11.6 Å². The van der Waals surface area contributed by atoms with Crippen LogP contribution < -0.4 is 10.9 Å². The van der Waals surface area contributed by atoms with Crippen molar-refractivity contribution in [3.63, 3.8) is 0 Å². The SMILES string of the molecule is CCCn1ncc(NCC(C)(O)CC)c(Cl)c1=O. The molecule has 0 aliphatic carbocycles. The van der Waals surface area contributed by atoms with E-state index in [1.807, 2.05) is 13.8 Å². The summed E-state index contributed by atoms with van der Waals surface area (Å²) in [5.41, 5.74) is -0.677. The van der Waals surface area contributed by atoms with Crippen LogP contribution in [-0.2, 0) is 6.54 Å². The van der Waals surface area contributed by atoms with E-state index in [2.05, 4.69) is 10.4 Å². The summed E-state index contributed by atoms with van der Waals surface area (Å²) in [7, 11) is 0. The first-order chi connectivity index (χ1) is 8.41. The molecule has 0 aliphatic heterocycles. The molecular formula is C12H20ClN3O2. The molecule has 2 N–H and O–H groups in total. The van der Waals surface area contributed by atoms with Crippen molar-refractivity contribution in [2.75, 3.05) is 11.9 Å². The lowest BCUT2D eigenvalue weighted by molar-refractivity contribution is 0.0697. The van der Waals surface area contributed by atoms with Crippen molar-refractivity contribution in [3.8, 4) is 0 Å². The maximum absolute atomic E-state index is 11.8. The minimum absolute atomic E-state index is 0.116. The molecule has 1 aromatic rings. The molecule has 0 radical (unpaired) electrons. The fourth-order valence-electron chi connectivity index (χ4n) is 1.37. The lowest BCUT2D eigenvalue weighted by Crippen LogP contribution is -2.33. The Morgan fingerprint density at radius 3 is 2.78 bits per heavy atom. The molecule has 6 heteroatoms. The molecule has 0 aromatic carbocycles. The third-order valence-corrected chi connectivity index (χ3v) is 3.21. The lowest BCUT2D eigenvalue weighted by Gasteiger charge is -2.22. The van der Waals surface area contributed by atoms with Gasteiger partial charge in [-0.05, 0) is 19.8 Å². The summed E-state index contributed by atoms with van der Waals surface area (Å²) in [4.78, 5) is 11.8. The van der Waals surface area contributed by atoms with E-state index in [9.17, 15) is 9.90 Å². The molecule has 0 bridgehead atoms. The van der Waals surface area contributed by atoms with Crippen LogP contribution >= 0.6 is 11.6 Å². The van der Waals surface area contributed by atoms with Crippen LogP contribution in [0.1, 0.15) is 33.6 Å². The highest BCUT2D eigenvalue weighted by Crippen LogP contribution is 2.17. The topological polar surface area (TPSA) is 67.2 Å². The van der Waals surface area contributed by atoms with Gasteiger partial charge in [-0.3, -0.25) is 4.79 Å². The minimum Gasteiger partial charge on any atom is -0.388 e. The van der Waals surface area contributed by atoms with Crippen LogP contribution in [0.15, 0.2) is 11.0 Å². The summed E-state index contributed by atoms with van der Waals surface area (Å²) in [6, 6.07) is 0. The van der Waals surface area contributed by atoms with E-state index in [0.717, 1.165) is 6.42 Å². The first-order valence-electron chi connectivity index (χ1n) is 6.13. The molecule has 0 aliphatic rings. The molecule has 0 fully saturated rings. The smallest absolute Gasteiger partial charge is 0.287 e. The Balaban J connectivity index is 2.86. The van der Waals surface area contributed by atoms with Crippen molar-refractivity contribution in [1.29, 1.82) is 0 Å². The van der Waals surface area contributed by atoms with E-state index in [1.165, 1.54) is 10.9 Å². The zero-order valence-corrected chi connectivity index (χ0v) is 11.8. The number of aromatic nitrogens is 2. The molecule has 1 unspecified atom stereocenters. The number of aryl methyl sites for hydroxylation is 1. The van der Waals surface area contributed by atoms with Gasteiger partial charge in [0.15, 0.2) is 0 Å². The molecule has 0 saturated carbocycles. The second-order valence-electron chi connectivity index (χ2n) is 4.60. The average molecular weight is 274 g/mol. The highest BCUT2D eigenvalue weighted by Gasteiger charge is 2.18. The number of halogens is 1. The third kappa shape index (κ3) is 3.71. The highest BCUT2D eigenvalue weighted by atomic mass is 35.5. The molecule has 1 aromatic heterocycles. The summed E-state index contributed by atoms with van der Waals surface area (Å²) in [5, 5.41) is 17.0. The van der Waals surface area contributed by atoms with Gasteiger partial charge >= 0.3 is 0 Å². The van der Waals surface area contributed by atoms with Crippen molar-refractivity contribution in [1.82, 2.24) is 9.78 Å². The summed E-state index contributed by atoms with van der Waals surface area (Å²) in [5.74, 6) is 0. The van der Waals surface area contributed by atoms with Crippen LogP contribution in [0.2, 0.25) is 5.02 Å². The predicted octanol–water partition coefficient (Wildman–Crippen LogP) is 1.88. The van der Waals surface area contributed by atoms with Crippen LogP contribution in [-0.4, -0.2) is 27.0 Å². The normalized spacial score (nSPS) is 14.3. The number of nitrogens with zero attached hydrogens (tertiary/aromatic N) is 2. The number of nitrogens with one attached hydrogen (secondary N) is 1. The fourth-order valence-corrected chi connectivity index (χ4v) is 1.58. The second kappa shape index (κ2) is 6.20. The van der Waals surface area contributed by atoms with Crippen LogP contribution in [0.5, 0.6) is 0 Å². The van der Waals surface area contributed by atoms with E-state index in [1.54, 1.807) is 6.92 Å². The Hall–Kier alpha value is -1.07. The van der Waals surface area contributed by atoms with Gasteiger partial charge in [-0.1, -0.05) is 25.4 Å². The lowest BCUT2D eigenvalue weighted by atomic mass is 10.0. The second-order valence-corrected chi connectivity index (χ2v) is 4.98. The van der Waals surface area contributed by atoms with Gasteiger partial charge in [0, 0.05) is 13.1 Å². The Labute approximate surface area is 112 Å². The zero-order chi connectivity index (χ0) is 13.8. The Kier molecular flexibility index (Phi) is 5.16. The van der Waals surface area contributed by atoms with Gasteiger partial charge in [-0.2, -0.15) is 5.10 Å². The molecule has 1 atom stereocenters. The molecule has 0 spiro atoms. The van der Waals surface area contributed by atoms with Gasteiger partial charge in [0.1, 0.15) is 5.02 Å². The molecule has 5 nitrogen and oxygen atoms in total. The van der Waals surface area contributed by atoms with Crippen LogP contribution in [0.4, 0.5) is 5.69 Å². The summed E-state index contributed by atoms with van der Waals surface area (Å²) in [6.07, 6.45) is 2.95. The Morgan fingerprint density at radius 1 is 1.56 bits per heavy atom. The Bertz CT molecular complexity index is 457. The average Bonchev–Trinajstić information content (AvgIpc) is 2.34. The standard InChI is InChI=1S/C12H20ClN3O2/c1-4-6-16-11(17)10(13)9(7-15-16)14-8-12(3,18)5-2/h7,14,18H,4-6,8H2,1-3H3. The van der Waals surface area contributed by atoms with Crippen molar-refractivity contribution in [2.24, 2.45) is 0 Å². The van der Waals surface area contributed by atoms with Crippen LogP contribution in [0.3, 0.4) is 0 Å². The van der Waals surface area contributed by atoms with E-state index in [-0.39, 0.29) is 10.6 Å². The monoisotopic (exact) mass is 273 g/mol. The van der Waals surface area contributed by atoms with Gasteiger partial charge in [-0.25, -0.2) is 4.68 Å². The molecule has 0 saturated heterocycles. The van der Waals surface area contributed by atoms with Crippen molar-refractivity contribution < 1.29 is 5.11 Å². The number of aliphatic hydroxyl groups is 1. The van der Waals surface area contributed by atoms with Crippen LogP contribution in [0, 0.1) is 0 Å². The number of hydrogen-bond donors (Lipinski definition) is 2. The fraction of sp³-hybridized carbons (Fsp3) is 0.667. The predicted molar refractivity (Wildman–Crippen MR) is 73.2 cm³/mol. The van der Waals surface area contributed by atoms with Gasteiger partial charge in [0.05, 0.1) is 17.5 Å². The van der Waals surface area contributed by atoms with Crippen LogP contribution in [0.25, 0.3) is 0 Å². The first-order valence-corrected chi connectivity index (χ1v) is 6.51. The van der Waals surface area contributed by atoms with Gasteiger partial charge in [-0.15, -0.1) is 0 Å². The Morgan fingerprint density at radius 2 is 2.22 bits per heavy atom. The third-order valence-electron chi connectivity index (χ3n) is 2.84. The quantitative estimate of drug-likeness (QED) is 0.830. The molecular weight excluding hydrogens is 254 g/mol.